The summed E-state index contributed by atoms with van der Waals surface area (Å²) in [5.74, 6) is 1.93. The zero-order valence-electron chi connectivity index (χ0n) is 16.1. The summed E-state index contributed by atoms with van der Waals surface area (Å²) in [5.41, 5.74) is 1.70. The third-order valence-electron chi connectivity index (χ3n) is 4.88. The van der Waals surface area contributed by atoms with E-state index in [9.17, 15) is 4.79 Å². The minimum Gasteiger partial charge on any atom is -0.496 e. The Morgan fingerprint density at radius 2 is 1.52 bits per heavy atom. The van der Waals surface area contributed by atoms with E-state index >= 15 is 0 Å². The van der Waals surface area contributed by atoms with E-state index in [1.165, 1.54) is 0 Å². The predicted octanol–water partition coefficient (Wildman–Crippen LogP) is 2.67. The quantitative estimate of drug-likeness (QED) is 0.783. The van der Waals surface area contributed by atoms with E-state index < -0.39 is 0 Å². The van der Waals surface area contributed by atoms with Gasteiger partial charge in [-0.25, -0.2) is 0 Å². The van der Waals surface area contributed by atoms with Gasteiger partial charge in [0, 0.05) is 38.3 Å². The number of ether oxygens (including phenoxy) is 3. The Bertz CT molecular complexity index is 786. The number of rotatable bonds is 6. The van der Waals surface area contributed by atoms with Crippen LogP contribution in [0.4, 0.5) is 0 Å². The Labute approximate surface area is 160 Å². The molecule has 0 unspecified atom stereocenters. The zero-order chi connectivity index (χ0) is 19.2. The predicted molar refractivity (Wildman–Crippen MR) is 104 cm³/mol. The first kappa shape index (κ1) is 19.0. The number of amides is 1. The van der Waals surface area contributed by atoms with E-state index in [0.717, 1.165) is 30.9 Å². The topological polar surface area (TPSA) is 51.2 Å². The van der Waals surface area contributed by atoms with Gasteiger partial charge < -0.3 is 19.1 Å². The van der Waals surface area contributed by atoms with E-state index in [1.807, 2.05) is 29.2 Å². The van der Waals surface area contributed by atoms with Crippen molar-refractivity contribution in [1.82, 2.24) is 9.80 Å². The van der Waals surface area contributed by atoms with Gasteiger partial charge in [0.1, 0.15) is 5.75 Å². The van der Waals surface area contributed by atoms with Gasteiger partial charge in [-0.05, 0) is 18.2 Å². The van der Waals surface area contributed by atoms with Crippen LogP contribution in [0.25, 0.3) is 0 Å². The van der Waals surface area contributed by atoms with Crippen LogP contribution in [0, 0.1) is 0 Å². The van der Waals surface area contributed by atoms with Crippen molar-refractivity contribution in [1.29, 1.82) is 0 Å². The number of para-hydroxylation sites is 2. The maximum Gasteiger partial charge on any atom is 0.257 e. The average molecular weight is 370 g/mol. The fourth-order valence-electron chi connectivity index (χ4n) is 3.41. The van der Waals surface area contributed by atoms with E-state index in [0.29, 0.717) is 30.2 Å². The standard InChI is InChI=1S/C21H26N2O4/c1-25-18-9-5-4-7-16(18)15-22-11-13-23(14-12-22)21(24)17-8-6-10-19(26-2)20(17)27-3/h4-10H,11-15H2,1-3H3. The molecule has 3 rings (SSSR count). The molecule has 0 bridgehead atoms. The minimum atomic E-state index is -0.0253. The van der Waals surface area contributed by atoms with E-state index in [4.69, 9.17) is 14.2 Å². The van der Waals surface area contributed by atoms with Crippen molar-refractivity contribution in [3.05, 3.63) is 53.6 Å². The molecule has 1 fully saturated rings. The molecule has 1 saturated heterocycles. The molecule has 0 aromatic heterocycles. The van der Waals surface area contributed by atoms with Gasteiger partial charge in [0.25, 0.3) is 5.91 Å². The number of nitrogens with zero attached hydrogens (tertiary/aromatic N) is 2. The van der Waals surface area contributed by atoms with E-state index in [-0.39, 0.29) is 5.91 Å². The van der Waals surface area contributed by atoms with Gasteiger partial charge in [0.05, 0.1) is 26.9 Å². The van der Waals surface area contributed by atoms with E-state index in [2.05, 4.69) is 11.0 Å². The van der Waals surface area contributed by atoms with Crippen molar-refractivity contribution in [3.8, 4) is 17.2 Å². The van der Waals surface area contributed by atoms with Crippen molar-refractivity contribution in [3.63, 3.8) is 0 Å². The van der Waals surface area contributed by atoms with Crippen molar-refractivity contribution >= 4 is 5.91 Å². The second kappa shape index (κ2) is 8.77. The van der Waals surface area contributed by atoms with Crippen LogP contribution in [0.1, 0.15) is 15.9 Å². The molecule has 27 heavy (non-hydrogen) atoms. The zero-order valence-corrected chi connectivity index (χ0v) is 16.1. The highest BCUT2D eigenvalue weighted by Crippen LogP contribution is 2.31. The second-order valence-electron chi connectivity index (χ2n) is 6.42. The van der Waals surface area contributed by atoms with Crippen molar-refractivity contribution < 1.29 is 19.0 Å². The Kier molecular flexibility index (Phi) is 6.19. The molecule has 0 radical (unpaired) electrons. The molecule has 0 spiro atoms. The number of hydrogen-bond acceptors (Lipinski definition) is 5. The largest absolute Gasteiger partial charge is 0.496 e. The highest BCUT2D eigenvalue weighted by atomic mass is 16.5. The number of methoxy groups -OCH3 is 3. The fourth-order valence-corrected chi connectivity index (χ4v) is 3.41. The van der Waals surface area contributed by atoms with Gasteiger partial charge in [0.15, 0.2) is 11.5 Å². The molecule has 0 aliphatic carbocycles. The first-order valence-corrected chi connectivity index (χ1v) is 9.02. The van der Waals surface area contributed by atoms with Gasteiger partial charge in [0.2, 0.25) is 0 Å². The molecule has 6 heteroatoms. The van der Waals surface area contributed by atoms with Gasteiger partial charge in [-0.3, -0.25) is 9.69 Å². The maximum absolute atomic E-state index is 13.0. The van der Waals surface area contributed by atoms with Gasteiger partial charge in [-0.15, -0.1) is 0 Å². The number of piperazine rings is 1. The summed E-state index contributed by atoms with van der Waals surface area (Å²) in [6, 6.07) is 13.4. The molecular formula is C21H26N2O4. The van der Waals surface area contributed by atoms with Gasteiger partial charge >= 0.3 is 0 Å². The Hall–Kier alpha value is -2.73. The highest BCUT2D eigenvalue weighted by molar-refractivity contribution is 5.97. The van der Waals surface area contributed by atoms with Crippen LogP contribution in [-0.4, -0.2) is 63.2 Å². The third kappa shape index (κ3) is 4.17. The highest BCUT2D eigenvalue weighted by Gasteiger charge is 2.26. The van der Waals surface area contributed by atoms with E-state index in [1.54, 1.807) is 33.5 Å². The number of carbonyl (C=O) groups excluding carboxylic acids is 1. The molecule has 0 saturated carbocycles. The van der Waals surface area contributed by atoms with Crippen LogP contribution in [0.2, 0.25) is 0 Å². The van der Waals surface area contributed by atoms with Crippen LogP contribution in [-0.2, 0) is 6.54 Å². The maximum atomic E-state index is 13.0. The molecule has 1 amide bonds. The van der Waals surface area contributed by atoms with Crippen LogP contribution in [0.15, 0.2) is 42.5 Å². The SMILES string of the molecule is COc1ccccc1CN1CCN(C(=O)c2cccc(OC)c2OC)CC1. The summed E-state index contributed by atoms with van der Waals surface area (Å²) < 4.78 is 16.1. The van der Waals surface area contributed by atoms with Crippen LogP contribution < -0.4 is 14.2 Å². The molecule has 1 heterocycles. The van der Waals surface area contributed by atoms with Crippen LogP contribution >= 0.6 is 0 Å². The minimum absolute atomic E-state index is 0.0253. The lowest BCUT2D eigenvalue weighted by atomic mass is 10.1. The first-order chi connectivity index (χ1) is 13.2. The normalized spacial score (nSPS) is 14.7. The molecule has 0 N–H and O–H groups in total. The molecular weight excluding hydrogens is 344 g/mol. The number of benzene rings is 2. The number of hydrogen-bond donors (Lipinski definition) is 0. The Balaban J connectivity index is 1.65. The summed E-state index contributed by atoms with van der Waals surface area (Å²) in [6.45, 7) is 3.80. The smallest absolute Gasteiger partial charge is 0.257 e. The molecule has 0 atom stereocenters. The summed E-state index contributed by atoms with van der Waals surface area (Å²) in [7, 11) is 4.82. The lowest BCUT2D eigenvalue weighted by molar-refractivity contribution is 0.0623. The van der Waals surface area contributed by atoms with Crippen molar-refractivity contribution in [2.45, 2.75) is 6.54 Å². The molecule has 2 aromatic carbocycles. The fraction of sp³-hybridized carbons (Fsp3) is 0.381. The van der Waals surface area contributed by atoms with Crippen molar-refractivity contribution in [2.24, 2.45) is 0 Å². The first-order valence-electron chi connectivity index (χ1n) is 9.02. The Morgan fingerprint density at radius 3 is 2.19 bits per heavy atom. The summed E-state index contributed by atoms with van der Waals surface area (Å²) >= 11 is 0. The third-order valence-corrected chi connectivity index (χ3v) is 4.88. The molecule has 6 nitrogen and oxygen atoms in total. The summed E-state index contributed by atoms with van der Waals surface area (Å²) in [4.78, 5) is 17.2. The molecule has 2 aromatic rings. The molecule has 1 aliphatic rings. The van der Waals surface area contributed by atoms with Crippen LogP contribution in [0.3, 0.4) is 0 Å². The van der Waals surface area contributed by atoms with Crippen molar-refractivity contribution in [2.75, 3.05) is 47.5 Å². The lowest BCUT2D eigenvalue weighted by Crippen LogP contribution is -2.48. The summed E-state index contributed by atoms with van der Waals surface area (Å²) in [6.07, 6.45) is 0. The van der Waals surface area contributed by atoms with Crippen LogP contribution in [0.5, 0.6) is 17.2 Å². The lowest BCUT2D eigenvalue weighted by Gasteiger charge is -2.35. The molecule has 144 valence electrons. The Morgan fingerprint density at radius 1 is 0.852 bits per heavy atom. The number of carbonyl (C=O) groups is 1. The second-order valence-corrected chi connectivity index (χ2v) is 6.42. The van der Waals surface area contributed by atoms with Gasteiger partial charge in [-0.2, -0.15) is 0 Å². The molecule has 1 aliphatic heterocycles. The average Bonchev–Trinajstić information content (AvgIpc) is 2.73. The summed E-state index contributed by atoms with van der Waals surface area (Å²) in [5, 5.41) is 0. The monoisotopic (exact) mass is 370 g/mol. The van der Waals surface area contributed by atoms with Gasteiger partial charge in [-0.1, -0.05) is 24.3 Å².